The number of morpholine rings is 1. The van der Waals surface area contributed by atoms with E-state index in [1.54, 1.807) is 0 Å². The lowest BCUT2D eigenvalue weighted by Gasteiger charge is -2.29. The van der Waals surface area contributed by atoms with Gasteiger partial charge < -0.3 is 24.6 Å². The van der Waals surface area contributed by atoms with E-state index in [2.05, 4.69) is 16.3 Å². The Balaban J connectivity index is 1.60. The number of urea groups is 1. The van der Waals surface area contributed by atoms with Crippen molar-refractivity contribution < 1.29 is 14.3 Å². The van der Waals surface area contributed by atoms with Crippen molar-refractivity contribution in [3.63, 3.8) is 0 Å². The standard InChI is InChI=1S/C18H27N3O3/c1-2-20(14-17-7-4-10-24-17)18(22)19-15-5-3-6-16(13-15)21-8-11-23-12-9-21/h3,5-6,13,17H,2,4,7-12,14H2,1H3,(H,19,22)/t17-/m0/s1. The summed E-state index contributed by atoms with van der Waals surface area (Å²) >= 11 is 0. The van der Waals surface area contributed by atoms with Gasteiger partial charge in [-0.3, -0.25) is 0 Å². The third-order valence-electron chi connectivity index (χ3n) is 4.59. The van der Waals surface area contributed by atoms with E-state index in [0.29, 0.717) is 13.1 Å². The first-order chi connectivity index (χ1) is 11.8. The van der Waals surface area contributed by atoms with Crippen molar-refractivity contribution in [2.45, 2.75) is 25.9 Å². The number of anilines is 2. The average Bonchev–Trinajstić information content (AvgIpc) is 3.14. The molecule has 1 atom stereocenters. The normalized spacial score (nSPS) is 20.9. The monoisotopic (exact) mass is 333 g/mol. The second-order valence-corrected chi connectivity index (χ2v) is 6.25. The summed E-state index contributed by atoms with van der Waals surface area (Å²) in [5.41, 5.74) is 1.95. The highest BCUT2D eigenvalue weighted by Gasteiger charge is 2.21. The van der Waals surface area contributed by atoms with Gasteiger partial charge in [-0.05, 0) is 38.0 Å². The highest BCUT2D eigenvalue weighted by Crippen LogP contribution is 2.21. The maximum absolute atomic E-state index is 12.5. The van der Waals surface area contributed by atoms with Crippen LogP contribution in [0.3, 0.4) is 0 Å². The summed E-state index contributed by atoms with van der Waals surface area (Å²) in [6.07, 6.45) is 2.30. The van der Waals surface area contributed by atoms with Gasteiger partial charge in [0.05, 0.1) is 19.3 Å². The number of carbonyl (C=O) groups is 1. The van der Waals surface area contributed by atoms with Gasteiger partial charge in [0.15, 0.2) is 0 Å². The van der Waals surface area contributed by atoms with Crippen LogP contribution in [-0.4, -0.2) is 63.0 Å². The van der Waals surface area contributed by atoms with E-state index in [1.807, 2.05) is 30.0 Å². The first kappa shape index (κ1) is 17.0. The number of amides is 2. The molecule has 2 amide bonds. The van der Waals surface area contributed by atoms with Gasteiger partial charge in [-0.1, -0.05) is 6.07 Å². The zero-order valence-corrected chi connectivity index (χ0v) is 14.4. The number of likely N-dealkylation sites (N-methyl/N-ethyl adjacent to an activating group) is 1. The Bertz CT molecular complexity index is 540. The second kappa shape index (κ2) is 8.35. The molecule has 0 saturated carbocycles. The molecule has 2 fully saturated rings. The van der Waals surface area contributed by atoms with E-state index in [-0.39, 0.29) is 12.1 Å². The Kier molecular flexibility index (Phi) is 5.93. The van der Waals surface area contributed by atoms with Crippen LogP contribution >= 0.6 is 0 Å². The van der Waals surface area contributed by atoms with Gasteiger partial charge in [0.2, 0.25) is 0 Å². The van der Waals surface area contributed by atoms with Gasteiger partial charge in [0.1, 0.15) is 0 Å². The molecule has 132 valence electrons. The molecule has 3 rings (SSSR count). The van der Waals surface area contributed by atoms with Crippen LogP contribution in [-0.2, 0) is 9.47 Å². The van der Waals surface area contributed by atoms with Gasteiger partial charge in [-0.15, -0.1) is 0 Å². The largest absolute Gasteiger partial charge is 0.378 e. The minimum absolute atomic E-state index is 0.0628. The smallest absolute Gasteiger partial charge is 0.321 e. The van der Waals surface area contributed by atoms with Gasteiger partial charge in [0, 0.05) is 44.2 Å². The molecule has 1 N–H and O–H groups in total. The lowest BCUT2D eigenvalue weighted by molar-refractivity contribution is 0.0849. The van der Waals surface area contributed by atoms with E-state index in [4.69, 9.17) is 9.47 Å². The summed E-state index contributed by atoms with van der Waals surface area (Å²) in [4.78, 5) is 16.6. The summed E-state index contributed by atoms with van der Waals surface area (Å²) < 4.78 is 11.0. The highest BCUT2D eigenvalue weighted by molar-refractivity contribution is 5.90. The summed E-state index contributed by atoms with van der Waals surface area (Å²) in [7, 11) is 0. The number of rotatable bonds is 5. The topological polar surface area (TPSA) is 54.0 Å². The fourth-order valence-corrected chi connectivity index (χ4v) is 3.19. The predicted molar refractivity (Wildman–Crippen MR) is 94.7 cm³/mol. The molecule has 6 heteroatoms. The minimum Gasteiger partial charge on any atom is -0.378 e. The Morgan fingerprint density at radius 2 is 2.17 bits per heavy atom. The molecule has 2 aliphatic rings. The zero-order valence-electron chi connectivity index (χ0n) is 14.4. The van der Waals surface area contributed by atoms with Gasteiger partial charge in [-0.25, -0.2) is 4.79 Å². The number of ether oxygens (including phenoxy) is 2. The van der Waals surface area contributed by atoms with Crippen molar-refractivity contribution in [1.29, 1.82) is 0 Å². The highest BCUT2D eigenvalue weighted by atomic mass is 16.5. The number of nitrogens with zero attached hydrogens (tertiary/aromatic N) is 2. The number of nitrogens with one attached hydrogen (secondary N) is 1. The molecule has 0 unspecified atom stereocenters. The Morgan fingerprint density at radius 1 is 1.33 bits per heavy atom. The molecule has 0 radical (unpaired) electrons. The molecule has 0 aromatic heterocycles. The van der Waals surface area contributed by atoms with E-state index in [1.165, 1.54) is 0 Å². The molecule has 1 aromatic carbocycles. The van der Waals surface area contributed by atoms with Gasteiger partial charge in [-0.2, -0.15) is 0 Å². The van der Waals surface area contributed by atoms with E-state index in [9.17, 15) is 4.79 Å². The lowest BCUT2D eigenvalue weighted by atomic mass is 10.2. The van der Waals surface area contributed by atoms with Crippen molar-refractivity contribution in [2.24, 2.45) is 0 Å². The molecule has 6 nitrogen and oxygen atoms in total. The van der Waals surface area contributed by atoms with Crippen molar-refractivity contribution in [3.8, 4) is 0 Å². The van der Waals surface area contributed by atoms with Crippen molar-refractivity contribution in [3.05, 3.63) is 24.3 Å². The second-order valence-electron chi connectivity index (χ2n) is 6.25. The van der Waals surface area contributed by atoms with Crippen molar-refractivity contribution in [2.75, 3.05) is 56.2 Å². The molecule has 0 aliphatic carbocycles. The van der Waals surface area contributed by atoms with Crippen LogP contribution in [0, 0.1) is 0 Å². The van der Waals surface area contributed by atoms with Crippen LogP contribution in [0.2, 0.25) is 0 Å². The van der Waals surface area contributed by atoms with Crippen LogP contribution in [0.5, 0.6) is 0 Å². The van der Waals surface area contributed by atoms with Crippen LogP contribution in [0.15, 0.2) is 24.3 Å². The quantitative estimate of drug-likeness (QED) is 0.900. The minimum atomic E-state index is -0.0628. The van der Waals surface area contributed by atoms with Crippen LogP contribution in [0.25, 0.3) is 0 Å². The fourth-order valence-electron chi connectivity index (χ4n) is 3.19. The molecule has 2 saturated heterocycles. The molecule has 1 aromatic rings. The SMILES string of the molecule is CCN(C[C@@H]1CCCO1)C(=O)Nc1cccc(N2CCOCC2)c1. The predicted octanol–water partition coefficient (Wildman–Crippen LogP) is 2.56. The molecule has 2 aliphatic heterocycles. The first-order valence-electron chi connectivity index (χ1n) is 8.86. The van der Waals surface area contributed by atoms with Crippen LogP contribution in [0.4, 0.5) is 16.2 Å². The summed E-state index contributed by atoms with van der Waals surface area (Å²) in [5, 5.41) is 3.02. The molecular formula is C18H27N3O3. The Labute approximate surface area is 143 Å². The molecule has 0 spiro atoms. The molecule has 2 heterocycles. The van der Waals surface area contributed by atoms with Crippen molar-refractivity contribution >= 4 is 17.4 Å². The van der Waals surface area contributed by atoms with E-state index in [0.717, 1.165) is 57.1 Å². The Hall–Kier alpha value is -1.79. The summed E-state index contributed by atoms with van der Waals surface area (Å²) in [6, 6.07) is 7.96. The van der Waals surface area contributed by atoms with E-state index < -0.39 is 0 Å². The third-order valence-corrected chi connectivity index (χ3v) is 4.59. The fraction of sp³-hybridized carbons (Fsp3) is 0.611. The van der Waals surface area contributed by atoms with Gasteiger partial charge >= 0.3 is 6.03 Å². The third kappa shape index (κ3) is 4.39. The lowest BCUT2D eigenvalue weighted by Crippen LogP contribution is -2.40. The maximum Gasteiger partial charge on any atom is 0.321 e. The number of hydrogen-bond acceptors (Lipinski definition) is 4. The zero-order chi connectivity index (χ0) is 16.8. The number of hydrogen-bond donors (Lipinski definition) is 1. The van der Waals surface area contributed by atoms with Gasteiger partial charge in [0.25, 0.3) is 0 Å². The first-order valence-corrected chi connectivity index (χ1v) is 8.86. The summed E-state index contributed by atoms with van der Waals surface area (Å²) in [6.45, 7) is 7.42. The van der Waals surface area contributed by atoms with E-state index >= 15 is 0 Å². The Morgan fingerprint density at radius 3 is 2.88 bits per heavy atom. The number of carbonyl (C=O) groups excluding carboxylic acids is 1. The van der Waals surface area contributed by atoms with Crippen LogP contribution in [0.1, 0.15) is 19.8 Å². The summed E-state index contributed by atoms with van der Waals surface area (Å²) in [5.74, 6) is 0. The molecule has 24 heavy (non-hydrogen) atoms. The maximum atomic E-state index is 12.5. The van der Waals surface area contributed by atoms with Crippen LogP contribution < -0.4 is 10.2 Å². The number of benzene rings is 1. The van der Waals surface area contributed by atoms with Crippen molar-refractivity contribution in [1.82, 2.24) is 4.90 Å². The average molecular weight is 333 g/mol. The molecular weight excluding hydrogens is 306 g/mol. The molecule has 0 bridgehead atoms.